The minimum atomic E-state index is -3.53. The summed E-state index contributed by atoms with van der Waals surface area (Å²) >= 11 is 0. The van der Waals surface area contributed by atoms with Crippen LogP contribution in [0.4, 0.5) is 0 Å². The topological polar surface area (TPSA) is 72.8 Å². The van der Waals surface area contributed by atoms with Crippen molar-refractivity contribution in [3.63, 3.8) is 0 Å². The average molecular weight is 266 g/mol. The first-order chi connectivity index (χ1) is 7.98. The van der Waals surface area contributed by atoms with E-state index in [4.69, 9.17) is 14.2 Å². The van der Waals surface area contributed by atoms with Crippen molar-refractivity contribution >= 4 is 13.6 Å². The smallest absolute Gasteiger partial charge is 0.344 e. The molecule has 5 nitrogen and oxygen atoms in total. The Kier molecular flexibility index (Phi) is 8.48. The lowest BCUT2D eigenvalue weighted by Gasteiger charge is -2.21. The third-order valence-electron chi connectivity index (χ3n) is 2.37. The number of carbonyl (C=O) groups is 1. The molecule has 0 saturated heterocycles. The summed E-state index contributed by atoms with van der Waals surface area (Å²) in [6.07, 6.45) is 3.29. The van der Waals surface area contributed by atoms with Crippen LogP contribution in [-0.2, 0) is 18.4 Å². The quantitative estimate of drug-likeness (QED) is 0.485. The largest absolute Gasteiger partial charge is 0.481 e. The van der Waals surface area contributed by atoms with Crippen molar-refractivity contribution in [2.24, 2.45) is 0 Å². The molecule has 6 heteroatoms. The predicted octanol–water partition coefficient (Wildman–Crippen LogP) is 3.29. The number of rotatable bonds is 10. The van der Waals surface area contributed by atoms with Gasteiger partial charge in [-0.15, -0.1) is 0 Å². The summed E-state index contributed by atoms with van der Waals surface area (Å²) in [5.41, 5.74) is -1.11. The summed E-state index contributed by atoms with van der Waals surface area (Å²) in [4.78, 5) is 10.9. The van der Waals surface area contributed by atoms with E-state index in [1.165, 1.54) is 6.92 Å². The lowest BCUT2D eigenvalue weighted by molar-refractivity contribution is -0.136. The van der Waals surface area contributed by atoms with Crippen LogP contribution in [0.15, 0.2) is 0 Å². The van der Waals surface area contributed by atoms with Gasteiger partial charge in [0.2, 0.25) is 0 Å². The number of carboxylic acids is 1. The van der Waals surface area contributed by atoms with Crippen molar-refractivity contribution in [3.8, 4) is 0 Å². The van der Waals surface area contributed by atoms with Gasteiger partial charge in [-0.1, -0.05) is 26.7 Å². The Hall–Kier alpha value is -0.380. The minimum absolute atomic E-state index is 0.275. The van der Waals surface area contributed by atoms with Crippen LogP contribution in [-0.4, -0.2) is 29.9 Å². The average Bonchev–Trinajstić information content (AvgIpc) is 2.28. The van der Waals surface area contributed by atoms with Crippen LogP contribution < -0.4 is 0 Å². The SMILES string of the molecule is CCCCOP(=O)(OCCCC)C(C)C(=O)O. The number of hydrogen-bond donors (Lipinski definition) is 1. The van der Waals surface area contributed by atoms with Crippen LogP contribution in [0.3, 0.4) is 0 Å². The third kappa shape index (κ3) is 6.20. The molecule has 0 fully saturated rings. The fourth-order valence-corrected chi connectivity index (χ4v) is 2.63. The second-order valence-electron chi connectivity index (χ2n) is 3.93. The maximum atomic E-state index is 12.3. The van der Waals surface area contributed by atoms with Gasteiger partial charge in [0.1, 0.15) is 0 Å². The van der Waals surface area contributed by atoms with Crippen LogP contribution in [0.1, 0.15) is 46.5 Å². The Morgan fingerprint density at radius 1 is 1.18 bits per heavy atom. The minimum Gasteiger partial charge on any atom is -0.481 e. The van der Waals surface area contributed by atoms with Crippen LogP contribution in [0.25, 0.3) is 0 Å². The van der Waals surface area contributed by atoms with E-state index in [0.29, 0.717) is 0 Å². The van der Waals surface area contributed by atoms with Gasteiger partial charge in [0.05, 0.1) is 13.2 Å². The molecule has 0 aliphatic heterocycles. The highest BCUT2D eigenvalue weighted by molar-refractivity contribution is 7.55. The summed E-state index contributed by atoms with van der Waals surface area (Å²) in [6, 6.07) is 0. The van der Waals surface area contributed by atoms with Gasteiger partial charge < -0.3 is 14.2 Å². The predicted molar refractivity (Wildman–Crippen MR) is 66.4 cm³/mol. The van der Waals surface area contributed by atoms with Gasteiger partial charge >= 0.3 is 13.6 Å². The fourth-order valence-electron chi connectivity index (χ4n) is 1.07. The van der Waals surface area contributed by atoms with Gasteiger partial charge in [-0.3, -0.25) is 9.36 Å². The third-order valence-corrected chi connectivity index (χ3v) is 4.62. The van der Waals surface area contributed by atoms with E-state index >= 15 is 0 Å². The van der Waals surface area contributed by atoms with E-state index in [0.717, 1.165) is 25.7 Å². The molecular formula is C11H23O5P. The van der Waals surface area contributed by atoms with Gasteiger partial charge in [-0.05, 0) is 19.8 Å². The molecule has 0 aliphatic rings. The Morgan fingerprint density at radius 2 is 1.59 bits per heavy atom. The highest BCUT2D eigenvalue weighted by Crippen LogP contribution is 2.53. The van der Waals surface area contributed by atoms with E-state index in [1.807, 2.05) is 13.8 Å². The molecule has 0 aromatic rings. The molecule has 1 atom stereocenters. The van der Waals surface area contributed by atoms with Crippen molar-refractivity contribution < 1.29 is 23.5 Å². The van der Waals surface area contributed by atoms with Crippen molar-refractivity contribution in [3.05, 3.63) is 0 Å². The maximum Gasteiger partial charge on any atom is 0.344 e. The zero-order valence-electron chi connectivity index (χ0n) is 10.8. The first-order valence-electron chi connectivity index (χ1n) is 6.09. The Morgan fingerprint density at radius 3 is 1.88 bits per heavy atom. The van der Waals surface area contributed by atoms with Gasteiger partial charge in [0, 0.05) is 0 Å². The van der Waals surface area contributed by atoms with E-state index in [-0.39, 0.29) is 13.2 Å². The highest BCUT2D eigenvalue weighted by atomic mass is 31.2. The molecule has 1 unspecified atom stereocenters. The van der Waals surface area contributed by atoms with Crippen LogP contribution >= 0.6 is 7.60 Å². The van der Waals surface area contributed by atoms with Crippen LogP contribution in [0.2, 0.25) is 0 Å². The molecule has 0 spiro atoms. The Bertz CT molecular complexity index is 253. The van der Waals surface area contributed by atoms with Crippen LogP contribution in [0, 0.1) is 0 Å². The second kappa shape index (κ2) is 8.67. The molecule has 0 rings (SSSR count). The standard InChI is InChI=1S/C11H23O5P/c1-4-6-8-15-17(14,10(3)11(12)13)16-9-7-5-2/h10H,4-9H2,1-3H3,(H,12,13). The summed E-state index contributed by atoms with van der Waals surface area (Å²) in [6.45, 7) is 5.87. The molecule has 0 aromatic heterocycles. The highest BCUT2D eigenvalue weighted by Gasteiger charge is 2.37. The van der Waals surface area contributed by atoms with E-state index < -0.39 is 19.2 Å². The Balaban J connectivity index is 4.45. The van der Waals surface area contributed by atoms with Crippen molar-refractivity contribution in [1.29, 1.82) is 0 Å². The number of carboxylic acid groups (broad SMARTS) is 1. The maximum absolute atomic E-state index is 12.3. The molecule has 1 N–H and O–H groups in total. The van der Waals surface area contributed by atoms with Crippen LogP contribution in [0.5, 0.6) is 0 Å². The molecule has 102 valence electrons. The molecule has 0 amide bonds. The number of hydrogen-bond acceptors (Lipinski definition) is 4. The first-order valence-corrected chi connectivity index (χ1v) is 7.70. The number of unbranched alkanes of at least 4 members (excludes halogenated alkanes) is 2. The molecule has 0 radical (unpaired) electrons. The van der Waals surface area contributed by atoms with E-state index in [1.54, 1.807) is 0 Å². The normalized spacial score (nSPS) is 13.6. The van der Waals surface area contributed by atoms with Gasteiger partial charge in [0.25, 0.3) is 0 Å². The molecule has 0 saturated carbocycles. The summed E-state index contributed by atoms with van der Waals surface area (Å²) in [5, 5.41) is 8.90. The monoisotopic (exact) mass is 266 g/mol. The molecule has 0 heterocycles. The molecule has 17 heavy (non-hydrogen) atoms. The zero-order chi connectivity index (χ0) is 13.3. The van der Waals surface area contributed by atoms with E-state index in [9.17, 15) is 9.36 Å². The van der Waals surface area contributed by atoms with Gasteiger partial charge in [0.15, 0.2) is 5.66 Å². The summed E-state index contributed by atoms with van der Waals surface area (Å²) < 4.78 is 22.7. The van der Waals surface area contributed by atoms with Crippen molar-refractivity contribution in [1.82, 2.24) is 0 Å². The molecule has 0 aromatic carbocycles. The lowest BCUT2D eigenvalue weighted by atomic mass is 10.4. The zero-order valence-corrected chi connectivity index (χ0v) is 11.7. The summed E-state index contributed by atoms with van der Waals surface area (Å²) in [7, 11) is -3.53. The van der Waals surface area contributed by atoms with Gasteiger partial charge in [-0.25, -0.2) is 0 Å². The Labute approximate surface area is 103 Å². The lowest BCUT2D eigenvalue weighted by Crippen LogP contribution is -2.20. The fraction of sp³-hybridized carbons (Fsp3) is 0.909. The molecular weight excluding hydrogens is 243 g/mol. The first kappa shape index (κ1) is 16.6. The van der Waals surface area contributed by atoms with Crippen molar-refractivity contribution in [2.45, 2.75) is 52.1 Å². The van der Waals surface area contributed by atoms with Gasteiger partial charge in [-0.2, -0.15) is 0 Å². The molecule has 0 aliphatic carbocycles. The van der Waals surface area contributed by atoms with Crippen molar-refractivity contribution in [2.75, 3.05) is 13.2 Å². The molecule has 0 bridgehead atoms. The number of aliphatic carboxylic acids is 1. The summed E-state index contributed by atoms with van der Waals surface area (Å²) in [5.74, 6) is -1.15. The second-order valence-corrected chi connectivity index (χ2v) is 6.30. The van der Waals surface area contributed by atoms with E-state index in [2.05, 4.69) is 0 Å².